The van der Waals surface area contributed by atoms with Crippen LogP contribution in [0.25, 0.3) is 0 Å². The molecular weight excluding hydrogens is 357 g/mol. The lowest BCUT2D eigenvalue weighted by Gasteiger charge is -2.12. The minimum atomic E-state index is -1.13. The molecule has 0 bridgehead atoms. The zero-order valence-corrected chi connectivity index (χ0v) is 13.9. The molecule has 0 aliphatic carbocycles. The number of rotatable bonds is 5. The number of hydrogen-bond acceptors (Lipinski definition) is 5. The van der Waals surface area contributed by atoms with Crippen LogP contribution in [0.15, 0.2) is 42.5 Å². The molecule has 0 saturated heterocycles. The molecule has 0 amide bonds. The highest BCUT2D eigenvalue weighted by Crippen LogP contribution is 2.24. The Labute approximate surface area is 147 Å². The maximum Gasteiger partial charge on any atom is 0.345 e. The van der Waals surface area contributed by atoms with Gasteiger partial charge in [-0.05, 0) is 43.3 Å². The standard InChI is InChI=1S/C16H11Cl2NO5/c1-9(15(20)10-2-4-11(17)5-3-10)24-16(21)13-8-12(18)6-7-14(13)19(22)23/h2-9H,1H3/t9-/m1/s1. The molecule has 1 atom stereocenters. The fourth-order valence-corrected chi connectivity index (χ4v) is 2.26. The molecule has 2 aromatic rings. The fraction of sp³-hybridized carbons (Fsp3) is 0.125. The van der Waals surface area contributed by atoms with Crippen molar-refractivity contribution < 1.29 is 19.2 Å². The van der Waals surface area contributed by atoms with E-state index in [1.54, 1.807) is 0 Å². The van der Waals surface area contributed by atoms with Crippen LogP contribution in [0.1, 0.15) is 27.6 Å². The van der Waals surface area contributed by atoms with Gasteiger partial charge in [0.05, 0.1) is 4.92 Å². The molecule has 2 aromatic carbocycles. The first kappa shape index (κ1) is 17.9. The van der Waals surface area contributed by atoms with Gasteiger partial charge in [-0.15, -0.1) is 0 Å². The van der Waals surface area contributed by atoms with Gasteiger partial charge in [-0.25, -0.2) is 4.79 Å². The molecule has 24 heavy (non-hydrogen) atoms. The molecule has 124 valence electrons. The monoisotopic (exact) mass is 367 g/mol. The molecule has 8 heteroatoms. The zero-order valence-electron chi connectivity index (χ0n) is 12.4. The van der Waals surface area contributed by atoms with E-state index in [2.05, 4.69) is 0 Å². The lowest BCUT2D eigenvalue weighted by molar-refractivity contribution is -0.385. The lowest BCUT2D eigenvalue weighted by Crippen LogP contribution is -2.24. The van der Waals surface area contributed by atoms with E-state index in [4.69, 9.17) is 27.9 Å². The minimum Gasteiger partial charge on any atom is -0.450 e. The number of nitro groups is 1. The van der Waals surface area contributed by atoms with Crippen LogP contribution in [0.5, 0.6) is 0 Å². The van der Waals surface area contributed by atoms with Crippen molar-refractivity contribution in [3.8, 4) is 0 Å². The molecule has 0 radical (unpaired) electrons. The van der Waals surface area contributed by atoms with Gasteiger partial charge in [-0.2, -0.15) is 0 Å². The number of hydrogen-bond donors (Lipinski definition) is 0. The summed E-state index contributed by atoms with van der Waals surface area (Å²) in [5.74, 6) is -1.45. The van der Waals surface area contributed by atoms with Crippen molar-refractivity contribution in [1.82, 2.24) is 0 Å². The minimum absolute atomic E-state index is 0.143. The van der Waals surface area contributed by atoms with Crippen LogP contribution in [0.4, 0.5) is 5.69 Å². The average Bonchev–Trinajstić information content (AvgIpc) is 2.54. The van der Waals surface area contributed by atoms with Crippen LogP contribution in [0.2, 0.25) is 10.0 Å². The van der Waals surface area contributed by atoms with Crippen molar-refractivity contribution in [3.63, 3.8) is 0 Å². The molecule has 0 N–H and O–H groups in total. The Bertz CT molecular complexity index is 805. The maximum absolute atomic E-state index is 12.2. The Balaban J connectivity index is 2.20. The summed E-state index contributed by atoms with van der Waals surface area (Å²) in [4.78, 5) is 34.7. The van der Waals surface area contributed by atoms with Crippen molar-refractivity contribution >= 4 is 40.6 Å². The number of benzene rings is 2. The lowest BCUT2D eigenvalue weighted by atomic mass is 10.1. The largest absolute Gasteiger partial charge is 0.450 e. The number of ketones is 1. The van der Waals surface area contributed by atoms with Gasteiger partial charge < -0.3 is 4.74 Å². The number of halogens is 2. The van der Waals surface area contributed by atoms with E-state index < -0.39 is 28.5 Å². The predicted molar refractivity (Wildman–Crippen MR) is 88.8 cm³/mol. The second-order valence-electron chi connectivity index (χ2n) is 4.84. The number of carbonyl (C=O) groups is 2. The van der Waals surface area contributed by atoms with E-state index in [0.717, 1.165) is 12.1 Å². The van der Waals surface area contributed by atoms with E-state index in [-0.39, 0.29) is 10.6 Å². The van der Waals surface area contributed by atoms with Crippen LogP contribution < -0.4 is 0 Å². The van der Waals surface area contributed by atoms with Crippen LogP contribution in [-0.4, -0.2) is 22.8 Å². The summed E-state index contributed by atoms with van der Waals surface area (Å²) >= 11 is 11.5. The first-order valence-corrected chi connectivity index (χ1v) is 7.50. The van der Waals surface area contributed by atoms with E-state index in [1.807, 2.05) is 0 Å². The molecule has 0 aliphatic heterocycles. The molecule has 0 aromatic heterocycles. The first-order chi connectivity index (χ1) is 11.3. The highest BCUT2D eigenvalue weighted by atomic mass is 35.5. The molecule has 6 nitrogen and oxygen atoms in total. The Morgan fingerprint density at radius 1 is 1.08 bits per heavy atom. The third-order valence-electron chi connectivity index (χ3n) is 3.16. The van der Waals surface area contributed by atoms with Crippen LogP contribution in [-0.2, 0) is 4.74 Å². The third-order valence-corrected chi connectivity index (χ3v) is 3.64. The fourth-order valence-electron chi connectivity index (χ4n) is 1.96. The number of carbonyl (C=O) groups excluding carboxylic acids is 2. The van der Waals surface area contributed by atoms with Crippen molar-refractivity contribution in [2.75, 3.05) is 0 Å². The first-order valence-electron chi connectivity index (χ1n) is 6.74. The summed E-state index contributed by atoms with van der Waals surface area (Å²) in [6.07, 6.45) is -1.13. The van der Waals surface area contributed by atoms with E-state index in [0.29, 0.717) is 10.6 Å². The summed E-state index contributed by atoms with van der Waals surface area (Å²) in [6, 6.07) is 9.58. The quantitative estimate of drug-likeness (QED) is 0.339. The van der Waals surface area contributed by atoms with Crippen molar-refractivity contribution in [1.29, 1.82) is 0 Å². The van der Waals surface area contributed by atoms with Gasteiger partial charge in [0.2, 0.25) is 5.78 Å². The van der Waals surface area contributed by atoms with Gasteiger partial charge in [-0.1, -0.05) is 23.2 Å². The van der Waals surface area contributed by atoms with Gasteiger partial charge in [-0.3, -0.25) is 14.9 Å². The molecule has 0 spiro atoms. The summed E-state index contributed by atoms with van der Waals surface area (Å²) in [5, 5.41) is 11.6. The summed E-state index contributed by atoms with van der Waals surface area (Å²) in [7, 11) is 0. The highest BCUT2D eigenvalue weighted by Gasteiger charge is 2.26. The van der Waals surface area contributed by atoms with Gasteiger partial charge in [0, 0.05) is 21.7 Å². The van der Waals surface area contributed by atoms with Gasteiger partial charge >= 0.3 is 5.97 Å². The van der Waals surface area contributed by atoms with Crippen molar-refractivity contribution in [2.45, 2.75) is 13.0 Å². The Morgan fingerprint density at radius 3 is 2.25 bits per heavy atom. The Morgan fingerprint density at radius 2 is 1.67 bits per heavy atom. The normalized spacial score (nSPS) is 11.6. The summed E-state index contributed by atoms with van der Waals surface area (Å²) in [5.41, 5.74) is -0.459. The van der Waals surface area contributed by atoms with Gasteiger partial charge in [0.1, 0.15) is 5.56 Å². The Kier molecular flexibility index (Phi) is 5.54. The molecular formula is C16H11Cl2NO5. The number of nitrogens with zero attached hydrogens (tertiary/aromatic N) is 1. The number of ether oxygens (including phenoxy) is 1. The molecule has 0 heterocycles. The van der Waals surface area contributed by atoms with E-state index >= 15 is 0 Å². The van der Waals surface area contributed by atoms with Gasteiger partial charge in [0.15, 0.2) is 6.10 Å². The van der Waals surface area contributed by atoms with Crippen molar-refractivity contribution in [3.05, 3.63) is 73.8 Å². The second kappa shape index (κ2) is 7.42. The number of nitro benzene ring substituents is 1. The predicted octanol–water partition coefficient (Wildman–Crippen LogP) is 4.33. The Hall–Kier alpha value is -2.44. The third kappa shape index (κ3) is 4.10. The van der Waals surface area contributed by atoms with E-state index in [9.17, 15) is 19.7 Å². The molecule has 0 unspecified atom stereocenters. The molecule has 2 rings (SSSR count). The number of Topliss-reactive ketones (excluding diaryl/α,β-unsaturated/α-hetero) is 1. The number of esters is 1. The smallest absolute Gasteiger partial charge is 0.345 e. The summed E-state index contributed by atoms with van der Waals surface area (Å²) < 4.78 is 5.04. The van der Waals surface area contributed by atoms with Crippen LogP contribution in [0, 0.1) is 10.1 Å². The van der Waals surface area contributed by atoms with Crippen molar-refractivity contribution in [2.24, 2.45) is 0 Å². The van der Waals surface area contributed by atoms with Crippen LogP contribution in [0.3, 0.4) is 0 Å². The topological polar surface area (TPSA) is 86.5 Å². The summed E-state index contributed by atoms with van der Waals surface area (Å²) in [6.45, 7) is 1.38. The molecule has 0 aliphatic rings. The maximum atomic E-state index is 12.2. The second-order valence-corrected chi connectivity index (χ2v) is 5.71. The molecule has 0 saturated carbocycles. The van der Waals surface area contributed by atoms with Crippen LogP contribution >= 0.6 is 23.2 Å². The zero-order chi connectivity index (χ0) is 17.9. The SMILES string of the molecule is C[C@@H](OC(=O)c1cc(Cl)ccc1[N+](=O)[O-])C(=O)c1ccc(Cl)cc1. The highest BCUT2D eigenvalue weighted by molar-refractivity contribution is 6.31. The average molecular weight is 368 g/mol. The molecule has 0 fully saturated rings. The van der Waals surface area contributed by atoms with E-state index in [1.165, 1.54) is 37.3 Å². The van der Waals surface area contributed by atoms with Gasteiger partial charge in [0.25, 0.3) is 5.69 Å².